The van der Waals surface area contributed by atoms with E-state index in [4.69, 9.17) is 5.73 Å². The molecule has 3 rings (SSSR count). The van der Waals surface area contributed by atoms with Crippen molar-refractivity contribution in [2.24, 2.45) is 11.7 Å². The van der Waals surface area contributed by atoms with E-state index in [1.54, 1.807) is 12.5 Å². The molecule has 1 aromatic carbocycles. The Morgan fingerprint density at radius 1 is 1.38 bits per heavy atom. The molecule has 2 unspecified atom stereocenters. The number of para-hydroxylation sites is 1. The molecule has 1 fully saturated rings. The molecule has 0 bridgehead atoms. The van der Waals surface area contributed by atoms with Gasteiger partial charge in [0, 0.05) is 18.3 Å². The van der Waals surface area contributed by atoms with Crippen molar-refractivity contribution < 1.29 is 4.79 Å². The highest BCUT2D eigenvalue weighted by Crippen LogP contribution is 2.24. The third-order valence-electron chi connectivity index (χ3n) is 4.15. The molecule has 2 N–H and O–H groups in total. The Morgan fingerprint density at radius 2 is 2.14 bits per heavy atom. The van der Waals surface area contributed by atoms with Crippen molar-refractivity contribution in [1.82, 2.24) is 14.5 Å². The van der Waals surface area contributed by atoms with E-state index in [1.807, 2.05) is 39.8 Å². The maximum atomic E-state index is 12.8. The summed E-state index contributed by atoms with van der Waals surface area (Å²) in [5, 5.41) is 0. The van der Waals surface area contributed by atoms with Gasteiger partial charge in [0.2, 0.25) is 0 Å². The van der Waals surface area contributed by atoms with Gasteiger partial charge >= 0.3 is 0 Å². The number of nitrogens with zero attached hydrogens (tertiary/aromatic N) is 3. The lowest BCUT2D eigenvalue weighted by molar-refractivity contribution is 0.0735. The van der Waals surface area contributed by atoms with Gasteiger partial charge in [0.15, 0.2) is 0 Å². The van der Waals surface area contributed by atoms with E-state index in [1.165, 1.54) is 0 Å². The van der Waals surface area contributed by atoms with Gasteiger partial charge < -0.3 is 10.6 Å². The van der Waals surface area contributed by atoms with Crippen LogP contribution < -0.4 is 5.73 Å². The molecule has 1 aromatic heterocycles. The fourth-order valence-corrected chi connectivity index (χ4v) is 2.99. The molecule has 2 aromatic rings. The normalized spacial score (nSPS) is 21.7. The number of nitrogens with two attached hydrogens (primary N) is 1. The first-order valence-electron chi connectivity index (χ1n) is 7.29. The Hall–Kier alpha value is -2.14. The SMILES string of the molecule is CC1CC(CN)CN1C(=O)c1cncn1-c1ccccc1. The van der Waals surface area contributed by atoms with Crippen LogP contribution in [0.5, 0.6) is 0 Å². The van der Waals surface area contributed by atoms with Crippen LogP contribution in [0.15, 0.2) is 42.9 Å². The third-order valence-corrected chi connectivity index (χ3v) is 4.15. The zero-order chi connectivity index (χ0) is 14.8. The maximum Gasteiger partial charge on any atom is 0.272 e. The first-order chi connectivity index (χ1) is 10.2. The summed E-state index contributed by atoms with van der Waals surface area (Å²) < 4.78 is 1.84. The van der Waals surface area contributed by atoms with E-state index in [9.17, 15) is 4.79 Å². The third kappa shape index (κ3) is 2.56. The number of carbonyl (C=O) groups excluding carboxylic acids is 1. The van der Waals surface area contributed by atoms with Gasteiger partial charge in [-0.3, -0.25) is 9.36 Å². The number of hydrogen-bond donors (Lipinski definition) is 1. The van der Waals surface area contributed by atoms with Crippen molar-refractivity contribution in [1.29, 1.82) is 0 Å². The fraction of sp³-hybridized carbons (Fsp3) is 0.375. The zero-order valence-electron chi connectivity index (χ0n) is 12.1. The number of hydrogen-bond acceptors (Lipinski definition) is 3. The Labute approximate surface area is 124 Å². The lowest BCUT2D eigenvalue weighted by atomic mass is 10.1. The zero-order valence-corrected chi connectivity index (χ0v) is 12.1. The average Bonchev–Trinajstić information content (AvgIpc) is 3.14. The molecule has 0 radical (unpaired) electrons. The van der Waals surface area contributed by atoms with E-state index >= 15 is 0 Å². The van der Waals surface area contributed by atoms with Crippen LogP contribution in [0.4, 0.5) is 0 Å². The lowest BCUT2D eigenvalue weighted by Crippen LogP contribution is -2.35. The molecule has 5 nitrogen and oxygen atoms in total. The van der Waals surface area contributed by atoms with Crippen LogP contribution >= 0.6 is 0 Å². The minimum Gasteiger partial charge on any atom is -0.334 e. The monoisotopic (exact) mass is 284 g/mol. The van der Waals surface area contributed by atoms with Gasteiger partial charge in [0.05, 0.1) is 12.5 Å². The first kappa shape index (κ1) is 13.8. The maximum absolute atomic E-state index is 12.8. The molecule has 1 aliphatic heterocycles. The standard InChI is InChI=1S/C16H20N4O/c1-12-7-13(8-17)10-19(12)16(21)15-9-18-11-20(15)14-5-3-2-4-6-14/h2-6,9,11-13H,7-8,10,17H2,1H3. The smallest absolute Gasteiger partial charge is 0.272 e. The molecule has 1 amide bonds. The number of aromatic nitrogens is 2. The second-order valence-corrected chi connectivity index (χ2v) is 5.63. The second kappa shape index (κ2) is 5.69. The van der Waals surface area contributed by atoms with E-state index in [2.05, 4.69) is 11.9 Å². The van der Waals surface area contributed by atoms with Gasteiger partial charge in [-0.2, -0.15) is 0 Å². The van der Waals surface area contributed by atoms with Gasteiger partial charge in [-0.1, -0.05) is 18.2 Å². The summed E-state index contributed by atoms with van der Waals surface area (Å²) in [6.45, 7) is 3.44. The number of imidazole rings is 1. The van der Waals surface area contributed by atoms with Crippen molar-refractivity contribution in [3.63, 3.8) is 0 Å². The van der Waals surface area contributed by atoms with Crippen LogP contribution in [0.2, 0.25) is 0 Å². The minimum atomic E-state index is 0.0276. The molecule has 2 atom stereocenters. The number of likely N-dealkylation sites (tertiary alicyclic amines) is 1. The predicted molar refractivity (Wildman–Crippen MR) is 81.2 cm³/mol. The van der Waals surface area contributed by atoms with Crippen molar-refractivity contribution >= 4 is 5.91 Å². The summed E-state index contributed by atoms with van der Waals surface area (Å²) in [5.41, 5.74) is 7.29. The number of benzene rings is 1. The molecule has 1 saturated heterocycles. The molecule has 2 heterocycles. The van der Waals surface area contributed by atoms with Crippen LogP contribution in [0.25, 0.3) is 5.69 Å². The van der Waals surface area contributed by atoms with Gasteiger partial charge in [-0.25, -0.2) is 4.98 Å². The number of rotatable bonds is 3. The highest BCUT2D eigenvalue weighted by atomic mass is 16.2. The summed E-state index contributed by atoms with van der Waals surface area (Å²) in [5.74, 6) is 0.428. The molecule has 1 aliphatic rings. The summed E-state index contributed by atoms with van der Waals surface area (Å²) in [7, 11) is 0. The quantitative estimate of drug-likeness (QED) is 0.932. The van der Waals surface area contributed by atoms with Crippen molar-refractivity contribution in [3.05, 3.63) is 48.5 Å². The van der Waals surface area contributed by atoms with Gasteiger partial charge in [-0.05, 0) is 37.9 Å². The molecular weight excluding hydrogens is 264 g/mol. The van der Waals surface area contributed by atoms with Crippen LogP contribution in [-0.2, 0) is 0 Å². The van der Waals surface area contributed by atoms with Crippen LogP contribution in [0.1, 0.15) is 23.8 Å². The van der Waals surface area contributed by atoms with Crippen molar-refractivity contribution in [3.8, 4) is 5.69 Å². The average molecular weight is 284 g/mol. The summed E-state index contributed by atoms with van der Waals surface area (Å²) in [4.78, 5) is 18.9. The number of carbonyl (C=O) groups is 1. The molecular formula is C16H20N4O. The van der Waals surface area contributed by atoms with Crippen molar-refractivity contribution in [2.75, 3.05) is 13.1 Å². The Kier molecular flexibility index (Phi) is 3.75. The lowest BCUT2D eigenvalue weighted by Gasteiger charge is -2.22. The summed E-state index contributed by atoms with van der Waals surface area (Å²) in [6, 6.07) is 10.0. The molecule has 0 spiro atoms. The second-order valence-electron chi connectivity index (χ2n) is 5.63. The van der Waals surface area contributed by atoms with Gasteiger partial charge in [0.1, 0.15) is 5.69 Å². The minimum absolute atomic E-state index is 0.0276. The van der Waals surface area contributed by atoms with Crippen LogP contribution in [-0.4, -0.2) is 39.5 Å². The summed E-state index contributed by atoms with van der Waals surface area (Å²) >= 11 is 0. The Morgan fingerprint density at radius 3 is 2.81 bits per heavy atom. The van der Waals surface area contributed by atoms with E-state index < -0.39 is 0 Å². The van der Waals surface area contributed by atoms with Gasteiger partial charge in [0.25, 0.3) is 5.91 Å². The molecule has 0 saturated carbocycles. The molecule has 5 heteroatoms. The topological polar surface area (TPSA) is 64.2 Å². The summed E-state index contributed by atoms with van der Waals surface area (Å²) in [6.07, 6.45) is 4.29. The van der Waals surface area contributed by atoms with Crippen molar-refractivity contribution in [2.45, 2.75) is 19.4 Å². The van der Waals surface area contributed by atoms with Crippen LogP contribution in [0, 0.1) is 5.92 Å². The highest BCUT2D eigenvalue weighted by Gasteiger charge is 2.33. The Bertz CT molecular complexity index is 622. The Balaban J connectivity index is 1.88. The van der Waals surface area contributed by atoms with E-state index in [-0.39, 0.29) is 11.9 Å². The van der Waals surface area contributed by atoms with E-state index in [0.717, 1.165) is 18.7 Å². The predicted octanol–water partition coefficient (Wildman–Crippen LogP) is 1.68. The van der Waals surface area contributed by atoms with Crippen LogP contribution in [0.3, 0.4) is 0 Å². The molecule has 21 heavy (non-hydrogen) atoms. The van der Waals surface area contributed by atoms with Gasteiger partial charge in [-0.15, -0.1) is 0 Å². The highest BCUT2D eigenvalue weighted by molar-refractivity contribution is 5.93. The number of amides is 1. The first-order valence-corrected chi connectivity index (χ1v) is 7.29. The largest absolute Gasteiger partial charge is 0.334 e. The molecule has 0 aliphatic carbocycles. The van der Waals surface area contributed by atoms with E-state index in [0.29, 0.717) is 18.2 Å². The fourth-order valence-electron chi connectivity index (χ4n) is 2.99. The molecule has 110 valence electrons.